The second kappa shape index (κ2) is 5.56. The molecule has 21 heavy (non-hydrogen) atoms. The maximum Gasteiger partial charge on any atom is 0.163 e. The first kappa shape index (κ1) is 13.6. The Morgan fingerprint density at radius 3 is 2.57 bits per heavy atom. The molecule has 2 aromatic rings. The van der Waals surface area contributed by atoms with Crippen LogP contribution in [0.5, 0.6) is 17.2 Å². The number of fused-ring (bicyclic) bond motifs is 1. The fraction of sp³-hybridized carbons (Fsp3) is 0.294. The number of ether oxygens (including phenoxy) is 3. The van der Waals surface area contributed by atoms with Gasteiger partial charge in [-0.3, -0.25) is 0 Å². The lowest BCUT2D eigenvalue weighted by Crippen LogP contribution is -2.16. The Bertz CT molecular complexity index is 667. The van der Waals surface area contributed by atoms with Gasteiger partial charge in [-0.15, -0.1) is 0 Å². The predicted molar refractivity (Wildman–Crippen MR) is 82.1 cm³/mol. The number of anilines is 1. The summed E-state index contributed by atoms with van der Waals surface area (Å²) in [5, 5.41) is 0. The van der Waals surface area contributed by atoms with E-state index >= 15 is 0 Å². The number of nitrogens with two attached hydrogens (primary N) is 1. The van der Waals surface area contributed by atoms with Crippen LogP contribution in [-0.4, -0.2) is 13.2 Å². The third-order valence-electron chi connectivity index (χ3n) is 3.74. The van der Waals surface area contributed by atoms with Gasteiger partial charge in [0.05, 0.1) is 0 Å². The van der Waals surface area contributed by atoms with Gasteiger partial charge in [-0.05, 0) is 37.1 Å². The maximum atomic E-state index is 6.06. The van der Waals surface area contributed by atoms with Crippen molar-refractivity contribution in [3.8, 4) is 17.2 Å². The van der Waals surface area contributed by atoms with Crippen molar-refractivity contribution < 1.29 is 14.2 Å². The van der Waals surface area contributed by atoms with Gasteiger partial charge in [0.25, 0.3) is 0 Å². The summed E-state index contributed by atoms with van der Waals surface area (Å²) in [4.78, 5) is 0. The lowest BCUT2D eigenvalue weighted by molar-refractivity contribution is 0.171. The van der Waals surface area contributed by atoms with Gasteiger partial charge in [-0.2, -0.15) is 0 Å². The molecular weight excluding hydrogens is 266 g/mol. The van der Waals surface area contributed by atoms with Crippen LogP contribution in [0.25, 0.3) is 0 Å². The molecule has 0 unspecified atom stereocenters. The molecule has 0 amide bonds. The van der Waals surface area contributed by atoms with Crippen molar-refractivity contribution in [2.24, 2.45) is 0 Å². The highest BCUT2D eigenvalue weighted by Crippen LogP contribution is 2.35. The minimum atomic E-state index is 0.409. The van der Waals surface area contributed by atoms with Crippen molar-refractivity contribution in [1.82, 2.24) is 0 Å². The van der Waals surface area contributed by atoms with Gasteiger partial charge >= 0.3 is 0 Å². The number of hydrogen-bond donors (Lipinski definition) is 1. The van der Waals surface area contributed by atoms with Gasteiger partial charge in [0.1, 0.15) is 25.6 Å². The van der Waals surface area contributed by atoms with E-state index in [1.807, 2.05) is 18.2 Å². The van der Waals surface area contributed by atoms with Crippen LogP contribution in [0.4, 0.5) is 5.69 Å². The van der Waals surface area contributed by atoms with Crippen LogP contribution in [0.1, 0.15) is 16.7 Å². The lowest BCUT2D eigenvalue weighted by Gasteiger charge is -2.20. The molecule has 0 aliphatic carbocycles. The SMILES string of the molecule is Cc1cccc(OCc2cc3c(cc2N)OCCO3)c1C. The van der Waals surface area contributed by atoms with Crippen LogP contribution in [0, 0.1) is 13.8 Å². The second-order valence-electron chi connectivity index (χ2n) is 5.18. The molecule has 0 saturated carbocycles. The average Bonchev–Trinajstić information content (AvgIpc) is 2.49. The highest BCUT2D eigenvalue weighted by molar-refractivity contribution is 5.58. The molecule has 0 bridgehead atoms. The van der Waals surface area contributed by atoms with Crippen molar-refractivity contribution in [3.63, 3.8) is 0 Å². The van der Waals surface area contributed by atoms with E-state index in [0.29, 0.717) is 31.3 Å². The summed E-state index contributed by atoms with van der Waals surface area (Å²) in [5.41, 5.74) is 9.98. The topological polar surface area (TPSA) is 53.7 Å². The fourth-order valence-corrected chi connectivity index (χ4v) is 2.31. The molecule has 0 atom stereocenters. The number of nitrogen functional groups attached to an aromatic ring is 1. The Morgan fingerprint density at radius 2 is 1.81 bits per heavy atom. The minimum absolute atomic E-state index is 0.409. The highest BCUT2D eigenvalue weighted by Gasteiger charge is 2.15. The zero-order valence-electron chi connectivity index (χ0n) is 12.3. The van der Waals surface area contributed by atoms with Crippen molar-refractivity contribution in [1.29, 1.82) is 0 Å². The Labute approximate surface area is 124 Å². The van der Waals surface area contributed by atoms with Gasteiger partial charge in [-0.25, -0.2) is 0 Å². The molecule has 1 aliphatic rings. The summed E-state index contributed by atoms with van der Waals surface area (Å²) in [6.07, 6.45) is 0. The number of rotatable bonds is 3. The zero-order chi connectivity index (χ0) is 14.8. The van der Waals surface area contributed by atoms with Gasteiger partial charge < -0.3 is 19.9 Å². The van der Waals surface area contributed by atoms with E-state index in [1.54, 1.807) is 6.07 Å². The number of aryl methyl sites for hydroxylation is 1. The molecular formula is C17H19NO3. The highest BCUT2D eigenvalue weighted by atomic mass is 16.6. The van der Waals surface area contributed by atoms with Gasteiger partial charge in [0.2, 0.25) is 0 Å². The van der Waals surface area contributed by atoms with E-state index in [-0.39, 0.29) is 0 Å². The van der Waals surface area contributed by atoms with Crippen LogP contribution in [0.2, 0.25) is 0 Å². The Morgan fingerprint density at radius 1 is 1.10 bits per heavy atom. The van der Waals surface area contributed by atoms with E-state index in [1.165, 1.54) is 5.56 Å². The van der Waals surface area contributed by atoms with E-state index < -0.39 is 0 Å². The minimum Gasteiger partial charge on any atom is -0.489 e. The predicted octanol–water partition coefficient (Wildman–Crippen LogP) is 3.24. The van der Waals surface area contributed by atoms with Gasteiger partial charge in [0, 0.05) is 17.3 Å². The quantitative estimate of drug-likeness (QED) is 0.880. The Kier molecular flexibility index (Phi) is 3.60. The van der Waals surface area contributed by atoms with Crippen LogP contribution >= 0.6 is 0 Å². The number of benzene rings is 2. The fourth-order valence-electron chi connectivity index (χ4n) is 2.31. The third kappa shape index (κ3) is 2.75. The largest absolute Gasteiger partial charge is 0.489 e. The molecule has 0 saturated heterocycles. The summed E-state index contributed by atoms with van der Waals surface area (Å²) in [6.45, 7) is 5.66. The molecule has 0 radical (unpaired) electrons. The molecule has 1 heterocycles. The van der Waals surface area contributed by atoms with Crippen LogP contribution in [0.3, 0.4) is 0 Å². The lowest BCUT2D eigenvalue weighted by atomic mass is 10.1. The molecule has 2 N–H and O–H groups in total. The van der Waals surface area contributed by atoms with Crippen LogP contribution in [0.15, 0.2) is 30.3 Å². The first-order valence-electron chi connectivity index (χ1n) is 7.02. The number of hydrogen-bond acceptors (Lipinski definition) is 4. The smallest absolute Gasteiger partial charge is 0.163 e. The normalized spacial score (nSPS) is 13.0. The van der Waals surface area contributed by atoms with Crippen molar-refractivity contribution in [2.75, 3.05) is 18.9 Å². The maximum absolute atomic E-state index is 6.06. The van der Waals surface area contributed by atoms with Crippen molar-refractivity contribution in [3.05, 3.63) is 47.0 Å². The summed E-state index contributed by atoms with van der Waals surface area (Å²) < 4.78 is 17.0. The average molecular weight is 285 g/mol. The molecule has 1 aliphatic heterocycles. The Balaban J connectivity index is 1.80. The van der Waals surface area contributed by atoms with Crippen molar-refractivity contribution >= 4 is 5.69 Å². The summed E-state index contributed by atoms with van der Waals surface area (Å²) in [7, 11) is 0. The first-order chi connectivity index (χ1) is 10.1. The molecule has 110 valence electrons. The molecule has 3 rings (SSSR count). The molecule has 4 nitrogen and oxygen atoms in total. The molecule has 0 fully saturated rings. The monoisotopic (exact) mass is 285 g/mol. The molecule has 0 aromatic heterocycles. The van der Waals surface area contributed by atoms with Crippen molar-refractivity contribution in [2.45, 2.75) is 20.5 Å². The Hall–Kier alpha value is -2.36. The van der Waals surface area contributed by atoms with E-state index in [4.69, 9.17) is 19.9 Å². The first-order valence-corrected chi connectivity index (χ1v) is 7.02. The summed E-state index contributed by atoms with van der Waals surface area (Å²) in [5.74, 6) is 2.31. The van der Waals surface area contributed by atoms with Gasteiger partial charge in [-0.1, -0.05) is 12.1 Å². The summed E-state index contributed by atoms with van der Waals surface area (Å²) in [6, 6.07) is 9.73. The zero-order valence-corrected chi connectivity index (χ0v) is 12.3. The van der Waals surface area contributed by atoms with E-state index in [2.05, 4.69) is 19.9 Å². The molecule has 4 heteroatoms. The summed E-state index contributed by atoms with van der Waals surface area (Å²) >= 11 is 0. The standard InChI is InChI=1S/C17H19NO3/c1-11-4-3-5-15(12(11)2)21-10-13-8-16-17(9-14(13)18)20-7-6-19-16/h3-5,8-9H,6-7,10,18H2,1-2H3. The van der Waals surface area contributed by atoms with Crippen LogP contribution < -0.4 is 19.9 Å². The molecule has 0 spiro atoms. The molecule has 2 aromatic carbocycles. The second-order valence-corrected chi connectivity index (χ2v) is 5.18. The van der Waals surface area contributed by atoms with E-state index in [9.17, 15) is 0 Å². The van der Waals surface area contributed by atoms with Crippen LogP contribution in [-0.2, 0) is 6.61 Å². The van der Waals surface area contributed by atoms with E-state index in [0.717, 1.165) is 22.6 Å². The third-order valence-corrected chi connectivity index (χ3v) is 3.74. The van der Waals surface area contributed by atoms with Gasteiger partial charge in [0.15, 0.2) is 11.5 Å².